The maximum atomic E-state index is 12.9. The van der Waals surface area contributed by atoms with Crippen molar-refractivity contribution in [3.05, 3.63) is 46.5 Å². The molecule has 0 saturated carbocycles. The lowest BCUT2D eigenvalue weighted by atomic mass is 10.1. The first-order chi connectivity index (χ1) is 11.4. The highest BCUT2D eigenvalue weighted by atomic mass is 32.1. The number of para-hydroxylation sites is 1. The average Bonchev–Trinajstić information content (AvgIpc) is 3.14. The first-order valence-electron chi connectivity index (χ1n) is 7.77. The highest BCUT2D eigenvalue weighted by Crippen LogP contribution is 2.32. The quantitative estimate of drug-likeness (QED) is 0.724. The molecule has 1 atom stereocenters. The highest BCUT2D eigenvalue weighted by Gasteiger charge is 2.24. The summed E-state index contributed by atoms with van der Waals surface area (Å²) in [6.45, 7) is 3.97. The molecular weight excluding hydrogens is 322 g/mol. The Bertz CT molecular complexity index is 862. The predicted octanol–water partition coefficient (Wildman–Crippen LogP) is 3.79. The monoisotopic (exact) mass is 343 g/mol. The number of methoxy groups -OCH3 is 1. The minimum absolute atomic E-state index is 0.00834. The van der Waals surface area contributed by atoms with Crippen LogP contribution in [0.5, 0.6) is 5.75 Å². The van der Waals surface area contributed by atoms with E-state index in [9.17, 15) is 4.79 Å². The maximum absolute atomic E-state index is 12.9. The van der Waals surface area contributed by atoms with Crippen LogP contribution in [-0.4, -0.2) is 34.7 Å². The maximum Gasteiger partial charge on any atom is 0.264 e. The van der Waals surface area contributed by atoms with Crippen LogP contribution in [0.2, 0.25) is 0 Å². The molecule has 24 heavy (non-hydrogen) atoms. The predicted molar refractivity (Wildman–Crippen MR) is 96.8 cm³/mol. The number of aryl methyl sites for hydroxylation is 2. The van der Waals surface area contributed by atoms with E-state index in [1.165, 1.54) is 11.3 Å². The number of fused-ring (bicyclic) bond motifs is 1. The summed E-state index contributed by atoms with van der Waals surface area (Å²) in [5.74, 6) is 0.801. The van der Waals surface area contributed by atoms with Crippen LogP contribution in [0.15, 0.2) is 30.3 Å². The Morgan fingerprint density at radius 2 is 2.08 bits per heavy atom. The molecule has 0 saturated heterocycles. The molecule has 0 aliphatic rings. The van der Waals surface area contributed by atoms with Gasteiger partial charge in [-0.25, -0.2) is 0 Å². The van der Waals surface area contributed by atoms with Crippen molar-refractivity contribution >= 4 is 27.5 Å². The Balaban J connectivity index is 1.91. The minimum atomic E-state index is -0.0851. The van der Waals surface area contributed by atoms with Gasteiger partial charge in [0.05, 0.1) is 23.7 Å². The molecular formula is C18H21N3O2S. The number of thiophene rings is 1. The molecule has 0 spiro atoms. The number of rotatable bonds is 4. The van der Waals surface area contributed by atoms with E-state index in [2.05, 4.69) is 5.10 Å². The Hall–Kier alpha value is -2.34. The summed E-state index contributed by atoms with van der Waals surface area (Å²) in [4.78, 5) is 16.4. The topological polar surface area (TPSA) is 47.4 Å². The van der Waals surface area contributed by atoms with Crippen molar-refractivity contribution in [3.63, 3.8) is 0 Å². The molecule has 0 fully saturated rings. The minimum Gasteiger partial charge on any atom is -0.496 e. The first-order valence-corrected chi connectivity index (χ1v) is 8.59. The van der Waals surface area contributed by atoms with E-state index in [0.29, 0.717) is 0 Å². The molecule has 2 heterocycles. The number of benzene rings is 1. The van der Waals surface area contributed by atoms with E-state index in [1.807, 2.05) is 63.0 Å². The lowest BCUT2D eigenvalue weighted by Gasteiger charge is -2.26. The zero-order chi connectivity index (χ0) is 17.4. The Morgan fingerprint density at radius 3 is 2.75 bits per heavy atom. The van der Waals surface area contributed by atoms with Gasteiger partial charge in [0.25, 0.3) is 5.91 Å². The molecule has 2 aromatic heterocycles. The van der Waals surface area contributed by atoms with Gasteiger partial charge in [0.1, 0.15) is 10.6 Å². The molecule has 0 aliphatic heterocycles. The SMILES string of the molecule is COc1ccccc1[C@H](C)N(C)C(=O)c1cc2c(C)nn(C)c2s1. The van der Waals surface area contributed by atoms with Gasteiger partial charge in [-0.2, -0.15) is 5.10 Å². The zero-order valence-corrected chi connectivity index (χ0v) is 15.3. The number of amides is 1. The van der Waals surface area contributed by atoms with Crippen LogP contribution >= 0.6 is 11.3 Å². The van der Waals surface area contributed by atoms with E-state index < -0.39 is 0 Å². The second-order valence-corrected chi connectivity index (χ2v) is 6.90. The van der Waals surface area contributed by atoms with E-state index in [0.717, 1.165) is 32.1 Å². The largest absolute Gasteiger partial charge is 0.496 e. The first kappa shape index (κ1) is 16.5. The van der Waals surface area contributed by atoms with Gasteiger partial charge in [0, 0.05) is 25.0 Å². The van der Waals surface area contributed by atoms with E-state index in [-0.39, 0.29) is 11.9 Å². The van der Waals surface area contributed by atoms with Crippen molar-refractivity contribution in [1.29, 1.82) is 0 Å². The fourth-order valence-electron chi connectivity index (χ4n) is 2.88. The van der Waals surface area contributed by atoms with Crippen LogP contribution < -0.4 is 4.74 Å². The fourth-order valence-corrected chi connectivity index (χ4v) is 3.99. The van der Waals surface area contributed by atoms with Gasteiger partial charge >= 0.3 is 0 Å². The van der Waals surface area contributed by atoms with Crippen molar-refractivity contribution < 1.29 is 9.53 Å². The number of ether oxygens (including phenoxy) is 1. The third-order valence-corrected chi connectivity index (χ3v) is 5.59. The van der Waals surface area contributed by atoms with Gasteiger partial charge in [-0.15, -0.1) is 11.3 Å². The summed E-state index contributed by atoms with van der Waals surface area (Å²) in [6.07, 6.45) is 0. The molecule has 126 valence electrons. The lowest BCUT2D eigenvalue weighted by Crippen LogP contribution is -2.29. The third-order valence-electron chi connectivity index (χ3n) is 4.40. The summed E-state index contributed by atoms with van der Waals surface area (Å²) in [5, 5.41) is 5.43. The normalized spacial score (nSPS) is 12.4. The number of aromatic nitrogens is 2. The van der Waals surface area contributed by atoms with Gasteiger partial charge in [-0.3, -0.25) is 9.48 Å². The van der Waals surface area contributed by atoms with Gasteiger partial charge in [-0.1, -0.05) is 18.2 Å². The molecule has 0 N–H and O–H groups in total. The molecule has 0 bridgehead atoms. The Kier molecular flexibility index (Phi) is 4.32. The molecule has 1 aromatic carbocycles. The van der Waals surface area contributed by atoms with Gasteiger partial charge in [0.15, 0.2) is 0 Å². The summed E-state index contributed by atoms with van der Waals surface area (Å²) in [7, 11) is 5.38. The summed E-state index contributed by atoms with van der Waals surface area (Å²) < 4.78 is 7.25. The van der Waals surface area contributed by atoms with E-state index in [1.54, 1.807) is 12.0 Å². The van der Waals surface area contributed by atoms with Crippen molar-refractivity contribution in [2.45, 2.75) is 19.9 Å². The van der Waals surface area contributed by atoms with Crippen LogP contribution in [-0.2, 0) is 7.05 Å². The van der Waals surface area contributed by atoms with Gasteiger partial charge in [0.2, 0.25) is 0 Å². The van der Waals surface area contributed by atoms with Crippen LogP contribution in [0, 0.1) is 6.92 Å². The summed E-state index contributed by atoms with van der Waals surface area (Å²) in [6, 6.07) is 9.65. The van der Waals surface area contributed by atoms with Crippen LogP contribution in [0.3, 0.4) is 0 Å². The third kappa shape index (κ3) is 2.67. The van der Waals surface area contributed by atoms with Crippen molar-refractivity contribution in [2.75, 3.05) is 14.2 Å². The standard InChI is InChI=1S/C18H21N3O2S/c1-11-14-10-16(24-18(14)21(4)19-11)17(22)20(3)12(2)13-8-6-7-9-15(13)23-5/h6-10,12H,1-5H3/t12-/m0/s1. The molecule has 3 rings (SSSR count). The fraction of sp³-hybridized carbons (Fsp3) is 0.333. The van der Waals surface area contributed by atoms with Crippen molar-refractivity contribution in [1.82, 2.24) is 14.7 Å². The average molecular weight is 343 g/mol. The number of hydrogen-bond acceptors (Lipinski definition) is 4. The van der Waals surface area contributed by atoms with E-state index in [4.69, 9.17) is 4.74 Å². The molecule has 0 unspecified atom stereocenters. The molecule has 1 amide bonds. The molecule has 3 aromatic rings. The second kappa shape index (κ2) is 6.28. The smallest absolute Gasteiger partial charge is 0.264 e. The van der Waals surface area contributed by atoms with Gasteiger partial charge < -0.3 is 9.64 Å². The molecule has 0 radical (unpaired) electrons. The highest BCUT2D eigenvalue weighted by molar-refractivity contribution is 7.20. The zero-order valence-electron chi connectivity index (χ0n) is 14.5. The number of carbonyl (C=O) groups excluding carboxylic acids is 1. The van der Waals surface area contributed by atoms with E-state index >= 15 is 0 Å². The molecule has 6 heteroatoms. The van der Waals surface area contributed by atoms with Crippen molar-refractivity contribution in [3.8, 4) is 5.75 Å². The Labute approximate surface area is 145 Å². The van der Waals surface area contributed by atoms with Crippen molar-refractivity contribution in [2.24, 2.45) is 7.05 Å². The van der Waals surface area contributed by atoms with Gasteiger partial charge in [-0.05, 0) is 26.0 Å². The van der Waals surface area contributed by atoms with Crippen LogP contribution in [0.25, 0.3) is 10.2 Å². The molecule has 0 aliphatic carbocycles. The summed E-state index contributed by atoms with van der Waals surface area (Å²) in [5.41, 5.74) is 1.94. The number of carbonyl (C=O) groups is 1. The van der Waals surface area contributed by atoms with Crippen LogP contribution in [0.1, 0.15) is 33.9 Å². The Morgan fingerprint density at radius 1 is 1.38 bits per heavy atom. The molecule has 5 nitrogen and oxygen atoms in total. The van der Waals surface area contributed by atoms with Crippen LogP contribution in [0.4, 0.5) is 0 Å². The lowest BCUT2D eigenvalue weighted by molar-refractivity contribution is 0.0746. The second-order valence-electron chi connectivity index (χ2n) is 5.87. The number of nitrogens with zero attached hydrogens (tertiary/aromatic N) is 3. The number of hydrogen-bond donors (Lipinski definition) is 0. The summed E-state index contributed by atoms with van der Waals surface area (Å²) >= 11 is 1.48.